The maximum absolute atomic E-state index is 12.2. The zero-order valence-corrected chi connectivity index (χ0v) is 14.0. The predicted molar refractivity (Wildman–Crippen MR) is 96.5 cm³/mol. The molecule has 0 spiro atoms. The number of benzene rings is 2. The minimum atomic E-state index is 0. The lowest BCUT2D eigenvalue weighted by atomic mass is 9.86. The van der Waals surface area contributed by atoms with Gasteiger partial charge < -0.3 is 10.6 Å². The van der Waals surface area contributed by atoms with Crippen molar-refractivity contribution in [3.63, 3.8) is 0 Å². The largest absolute Gasteiger partial charge is 0.349 e. The third kappa shape index (κ3) is 3.51. The van der Waals surface area contributed by atoms with Crippen molar-refractivity contribution in [2.45, 2.75) is 37.6 Å². The molecule has 1 amide bonds. The molecular weight excluding hydrogens is 308 g/mol. The Kier molecular flexibility index (Phi) is 4.88. The SMILES string of the molecule is Cl.O=C(NC1CC1)c1ccc2c(C3CCNCC3)cccc2c1. The van der Waals surface area contributed by atoms with Crippen molar-refractivity contribution >= 4 is 29.1 Å². The molecule has 1 saturated carbocycles. The Bertz CT molecular complexity index is 706. The second-order valence-corrected chi connectivity index (χ2v) is 6.56. The first-order chi connectivity index (χ1) is 10.8. The van der Waals surface area contributed by atoms with Crippen molar-refractivity contribution in [2.24, 2.45) is 0 Å². The molecule has 0 bridgehead atoms. The van der Waals surface area contributed by atoms with Gasteiger partial charge in [-0.3, -0.25) is 4.79 Å². The van der Waals surface area contributed by atoms with E-state index >= 15 is 0 Å². The van der Waals surface area contributed by atoms with Crippen LogP contribution in [0, 0.1) is 0 Å². The van der Waals surface area contributed by atoms with Gasteiger partial charge in [0.05, 0.1) is 0 Å². The molecule has 1 saturated heterocycles. The van der Waals surface area contributed by atoms with E-state index in [9.17, 15) is 4.79 Å². The van der Waals surface area contributed by atoms with Gasteiger partial charge in [0.2, 0.25) is 0 Å². The van der Waals surface area contributed by atoms with Gasteiger partial charge in [-0.1, -0.05) is 24.3 Å². The van der Waals surface area contributed by atoms with Crippen molar-refractivity contribution in [3.8, 4) is 0 Å². The quantitative estimate of drug-likeness (QED) is 0.902. The number of hydrogen-bond donors (Lipinski definition) is 2. The summed E-state index contributed by atoms with van der Waals surface area (Å²) in [6, 6.07) is 13.1. The molecular formula is C19H23ClN2O. The summed E-state index contributed by atoms with van der Waals surface area (Å²) in [6.45, 7) is 2.20. The Labute approximate surface area is 143 Å². The fourth-order valence-corrected chi connectivity index (χ4v) is 3.44. The first kappa shape index (κ1) is 16.3. The van der Waals surface area contributed by atoms with Gasteiger partial charge in [-0.15, -0.1) is 12.4 Å². The van der Waals surface area contributed by atoms with Crippen LogP contribution in [0.2, 0.25) is 0 Å². The average molecular weight is 331 g/mol. The number of fused-ring (bicyclic) bond motifs is 1. The molecule has 0 aromatic heterocycles. The summed E-state index contributed by atoms with van der Waals surface area (Å²) in [5.74, 6) is 0.702. The van der Waals surface area contributed by atoms with Gasteiger partial charge in [0, 0.05) is 11.6 Å². The molecule has 0 radical (unpaired) electrons. The summed E-state index contributed by atoms with van der Waals surface area (Å²) in [5, 5.41) is 8.98. The molecule has 2 aliphatic rings. The number of carbonyl (C=O) groups is 1. The molecule has 4 rings (SSSR count). The maximum atomic E-state index is 12.2. The summed E-state index contributed by atoms with van der Waals surface area (Å²) >= 11 is 0. The first-order valence-electron chi connectivity index (χ1n) is 8.35. The van der Waals surface area contributed by atoms with Crippen molar-refractivity contribution in [1.29, 1.82) is 0 Å². The Hall–Kier alpha value is -1.58. The molecule has 0 atom stereocenters. The number of carbonyl (C=O) groups excluding carboxylic acids is 1. The fourth-order valence-electron chi connectivity index (χ4n) is 3.44. The molecule has 2 N–H and O–H groups in total. The van der Waals surface area contributed by atoms with E-state index < -0.39 is 0 Å². The monoisotopic (exact) mass is 330 g/mol. The van der Waals surface area contributed by atoms with Gasteiger partial charge in [0.1, 0.15) is 0 Å². The van der Waals surface area contributed by atoms with Crippen LogP contribution < -0.4 is 10.6 Å². The number of rotatable bonds is 3. The van der Waals surface area contributed by atoms with E-state index in [0.717, 1.165) is 31.5 Å². The van der Waals surface area contributed by atoms with E-state index in [1.807, 2.05) is 12.1 Å². The van der Waals surface area contributed by atoms with Crippen LogP contribution >= 0.6 is 12.4 Å². The van der Waals surface area contributed by atoms with Crippen molar-refractivity contribution in [3.05, 3.63) is 47.5 Å². The molecule has 1 aliphatic carbocycles. The second kappa shape index (κ2) is 6.90. The average Bonchev–Trinajstić information content (AvgIpc) is 3.38. The van der Waals surface area contributed by atoms with E-state index in [-0.39, 0.29) is 18.3 Å². The van der Waals surface area contributed by atoms with Crippen LogP contribution in [0.4, 0.5) is 0 Å². The van der Waals surface area contributed by atoms with Crippen molar-refractivity contribution in [1.82, 2.24) is 10.6 Å². The highest BCUT2D eigenvalue weighted by Crippen LogP contribution is 2.32. The zero-order chi connectivity index (χ0) is 14.9. The molecule has 23 heavy (non-hydrogen) atoms. The normalized spacial score (nSPS) is 18.4. The summed E-state index contributed by atoms with van der Waals surface area (Å²) in [6.07, 6.45) is 4.64. The Balaban J connectivity index is 0.00000156. The number of piperidine rings is 1. The van der Waals surface area contributed by atoms with Crippen LogP contribution in [0.5, 0.6) is 0 Å². The highest BCUT2D eigenvalue weighted by molar-refractivity contribution is 5.99. The molecule has 3 nitrogen and oxygen atoms in total. The minimum Gasteiger partial charge on any atom is -0.349 e. The molecule has 1 aliphatic heterocycles. The minimum absolute atomic E-state index is 0. The maximum Gasteiger partial charge on any atom is 0.251 e. The van der Waals surface area contributed by atoms with E-state index in [1.54, 1.807) is 0 Å². The van der Waals surface area contributed by atoms with Gasteiger partial charge >= 0.3 is 0 Å². The topological polar surface area (TPSA) is 41.1 Å². The van der Waals surface area contributed by atoms with E-state index in [2.05, 4.69) is 34.9 Å². The Morgan fingerprint density at radius 2 is 1.83 bits per heavy atom. The summed E-state index contributed by atoms with van der Waals surface area (Å²) in [7, 11) is 0. The number of hydrogen-bond acceptors (Lipinski definition) is 2. The summed E-state index contributed by atoms with van der Waals surface area (Å²) in [4.78, 5) is 12.2. The van der Waals surface area contributed by atoms with Gasteiger partial charge in [0.25, 0.3) is 5.91 Å². The van der Waals surface area contributed by atoms with Crippen LogP contribution in [-0.4, -0.2) is 25.0 Å². The van der Waals surface area contributed by atoms with Crippen LogP contribution in [0.1, 0.15) is 47.5 Å². The molecule has 122 valence electrons. The second-order valence-electron chi connectivity index (χ2n) is 6.56. The van der Waals surface area contributed by atoms with Crippen molar-refractivity contribution < 1.29 is 4.79 Å². The van der Waals surface area contributed by atoms with Gasteiger partial charge in [-0.25, -0.2) is 0 Å². The van der Waals surface area contributed by atoms with Gasteiger partial charge in [-0.05, 0) is 73.2 Å². The zero-order valence-electron chi connectivity index (χ0n) is 13.2. The molecule has 2 aromatic rings. The molecule has 2 aromatic carbocycles. The molecule has 4 heteroatoms. The summed E-state index contributed by atoms with van der Waals surface area (Å²) in [5.41, 5.74) is 2.22. The lowest BCUT2D eigenvalue weighted by molar-refractivity contribution is 0.0951. The van der Waals surface area contributed by atoms with Crippen LogP contribution in [0.3, 0.4) is 0 Å². The molecule has 2 fully saturated rings. The predicted octanol–water partition coefficient (Wildman–Crippen LogP) is 3.62. The van der Waals surface area contributed by atoms with Crippen LogP contribution in [0.25, 0.3) is 10.8 Å². The van der Waals surface area contributed by atoms with E-state index in [1.165, 1.54) is 29.2 Å². The van der Waals surface area contributed by atoms with Crippen molar-refractivity contribution in [2.75, 3.05) is 13.1 Å². The van der Waals surface area contributed by atoms with Crippen LogP contribution in [0.15, 0.2) is 36.4 Å². The lowest BCUT2D eigenvalue weighted by Crippen LogP contribution is -2.26. The van der Waals surface area contributed by atoms with Gasteiger partial charge in [0.15, 0.2) is 0 Å². The third-order valence-corrected chi connectivity index (χ3v) is 4.87. The summed E-state index contributed by atoms with van der Waals surface area (Å²) < 4.78 is 0. The number of amides is 1. The van der Waals surface area contributed by atoms with E-state index in [0.29, 0.717) is 12.0 Å². The van der Waals surface area contributed by atoms with Gasteiger partial charge in [-0.2, -0.15) is 0 Å². The number of halogens is 1. The highest BCUT2D eigenvalue weighted by atomic mass is 35.5. The highest BCUT2D eigenvalue weighted by Gasteiger charge is 2.24. The Morgan fingerprint density at radius 1 is 1.04 bits per heavy atom. The molecule has 1 heterocycles. The standard InChI is InChI=1S/C19H22N2O.ClH/c22-19(21-16-5-6-16)15-4-7-18-14(12-15)2-1-3-17(18)13-8-10-20-11-9-13;/h1-4,7,12-13,16,20H,5-6,8-11H2,(H,21,22);1H. The van der Waals surface area contributed by atoms with E-state index in [4.69, 9.17) is 0 Å². The number of nitrogens with one attached hydrogen (secondary N) is 2. The Morgan fingerprint density at radius 3 is 2.57 bits per heavy atom. The first-order valence-corrected chi connectivity index (χ1v) is 8.35. The fraction of sp³-hybridized carbons (Fsp3) is 0.421. The third-order valence-electron chi connectivity index (χ3n) is 4.87. The van der Waals surface area contributed by atoms with Crippen LogP contribution in [-0.2, 0) is 0 Å². The lowest BCUT2D eigenvalue weighted by Gasteiger charge is -2.24. The molecule has 0 unspecified atom stereocenters. The smallest absolute Gasteiger partial charge is 0.251 e.